The van der Waals surface area contributed by atoms with Crippen molar-refractivity contribution < 1.29 is 13.9 Å². The summed E-state index contributed by atoms with van der Waals surface area (Å²) in [6, 6.07) is 15.6. The van der Waals surface area contributed by atoms with Gasteiger partial charge in [0.1, 0.15) is 24.3 Å². The minimum atomic E-state index is -0.918. The molecule has 0 radical (unpaired) electrons. The summed E-state index contributed by atoms with van der Waals surface area (Å²) in [6.45, 7) is 5.26. The van der Waals surface area contributed by atoms with Crippen molar-refractivity contribution in [1.29, 1.82) is 0 Å². The molecular weight excluding hydrogens is 463 g/mol. The zero-order valence-electron chi connectivity index (χ0n) is 22.6. The van der Waals surface area contributed by atoms with Crippen LogP contribution in [0.5, 0.6) is 11.5 Å². The first-order chi connectivity index (χ1) is 18.2. The Hall–Kier alpha value is -2.95. The molecule has 1 atom stereocenters. The minimum Gasteiger partial charge on any atom is -0.494 e. The fourth-order valence-corrected chi connectivity index (χ4v) is 4.21. The number of hydrogen-bond donors (Lipinski definition) is 0. The van der Waals surface area contributed by atoms with Crippen LogP contribution in [0.2, 0.25) is 0 Å². The van der Waals surface area contributed by atoms with Crippen LogP contribution in [0.1, 0.15) is 84.5 Å². The van der Waals surface area contributed by atoms with E-state index in [1.54, 1.807) is 0 Å². The Bertz CT molecular complexity index is 991. The molecule has 200 valence electrons. The van der Waals surface area contributed by atoms with Crippen molar-refractivity contribution in [3.05, 3.63) is 60.9 Å². The van der Waals surface area contributed by atoms with E-state index in [1.165, 1.54) is 38.5 Å². The number of alkyl halides is 1. The molecule has 4 nitrogen and oxygen atoms in total. The van der Waals surface area contributed by atoms with Gasteiger partial charge < -0.3 is 9.47 Å². The van der Waals surface area contributed by atoms with Crippen molar-refractivity contribution in [3.8, 4) is 34.0 Å². The lowest BCUT2D eigenvalue weighted by atomic mass is 10.1. The van der Waals surface area contributed by atoms with Gasteiger partial charge in [-0.2, -0.15) is 0 Å². The Morgan fingerprint density at radius 2 is 1.16 bits per heavy atom. The minimum absolute atomic E-state index is 0.103. The van der Waals surface area contributed by atoms with E-state index in [0.29, 0.717) is 18.0 Å². The van der Waals surface area contributed by atoms with E-state index in [4.69, 9.17) is 9.47 Å². The molecule has 0 amide bonds. The van der Waals surface area contributed by atoms with E-state index < -0.39 is 6.17 Å². The van der Waals surface area contributed by atoms with Gasteiger partial charge in [-0.05, 0) is 54.8 Å². The van der Waals surface area contributed by atoms with Crippen molar-refractivity contribution in [2.75, 3.05) is 13.2 Å². The normalized spacial score (nSPS) is 11.9. The highest BCUT2D eigenvalue weighted by molar-refractivity contribution is 5.64. The van der Waals surface area contributed by atoms with Crippen LogP contribution >= 0.6 is 0 Å². The van der Waals surface area contributed by atoms with Gasteiger partial charge >= 0.3 is 0 Å². The predicted molar refractivity (Wildman–Crippen MR) is 151 cm³/mol. The smallest absolute Gasteiger partial charge is 0.159 e. The lowest BCUT2D eigenvalue weighted by Gasteiger charge is -2.11. The number of hydrogen-bond acceptors (Lipinski definition) is 4. The fourth-order valence-electron chi connectivity index (χ4n) is 4.21. The van der Waals surface area contributed by atoms with Crippen LogP contribution < -0.4 is 9.47 Å². The maximum Gasteiger partial charge on any atom is 0.159 e. The molecule has 2 aromatic carbocycles. The Balaban J connectivity index is 1.43. The van der Waals surface area contributed by atoms with Crippen molar-refractivity contribution in [2.24, 2.45) is 0 Å². The molecule has 0 spiro atoms. The van der Waals surface area contributed by atoms with E-state index in [1.807, 2.05) is 60.9 Å². The molecule has 0 fully saturated rings. The quantitative estimate of drug-likeness (QED) is 0.161. The third-order valence-electron chi connectivity index (χ3n) is 6.52. The zero-order valence-corrected chi connectivity index (χ0v) is 22.6. The second kappa shape index (κ2) is 16.7. The van der Waals surface area contributed by atoms with Gasteiger partial charge in [0.15, 0.2) is 5.82 Å². The third kappa shape index (κ3) is 10.5. The summed E-state index contributed by atoms with van der Waals surface area (Å²) in [5.74, 6) is 2.24. The number of unbranched alkanes of at least 4 members (excludes halogenated alkanes) is 8. The maximum absolute atomic E-state index is 14.0. The highest BCUT2D eigenvalue weighted by atomic mass is 19.1. The first kappa shape index (κ1) is 28.6. The molecular formula is C32H43FN2O2. The molecule has 1 unspecified atom stereocenters. The average Bonchev–Trinajstić information content (AvgIpc) is 2.94. The average molecular weight is 507 g/mol. The van der Waals surface area contributed by atoms with Gasteiger partial charge in [0, 0.05) is 23.5 Å². The van der Waals surface area contributed by atoms with Crippen LogP contribution in [0.4, 0.5) is 4.39 Å². The van der Waals surface area contributed by atoms with E-state index >= 15 is 0 Å². The van der Waals surface area contributed by atoms with E-state index in [2.05, 4.69) is 23.8 Å². The van der Waals surface area contributed by atoms with Crippen molar-refractivity contribution in [1.82, 2.24) is 9.97 Å². The molecule has 37 heavy (non-hydrogen) atoms. The van der Waals surface area contributed by atoms with Crippen LogP contribution in [0.3, 0.4) is 0 Å². The van der Waals surface area contributed by atoms with Crippen molar-refractivity contribution in [2.45, 2.75) is 90.6 Å². The van der Waals surface area contributed by atoms with Crippen molar-refractivity contribution in [3.63, 3.8) is 0 Å². The summed E-state index contributed by atoms with van der Waals surface area (Å²) in [7, 11) is 0. The predicted octanol–water partition coefficient (Wildman–Crippen LogP) is 9.24. The zero-order chi connectivity index (χ0) is 26.1. The number of nitrogens with zero attached hydrogens (tertiary/aromatic N) is 2. The molecule has 0 aliphatic rings. The summed E-state index contributed by atoms with van der Waals surface area (Å²) in [5.41, 5.74) is 2.87. The van der Waals surface area contributed by atoms with Gasteiger partial charge in [-0.25, -0.2) is 14.4 Å². The number of aromatic nitrogens is 2. The number of ether oxygens (including phenoxy) is 2. The summed E-state index contributed by atoms with van der Waals surface area (Å²) >= 11 is 0. The Morgan fingerprint density at radius 3 is 1.81 bits per heavy atom. The van der Waals surface area contributed by atoms with Crippen LogP contribution in [-0.2, 0) is 0 Å². The molecule has 3 aromatic rings. The fraction of sp³-hybridized carbons (Fsp3) is 0.500. The molecule has 0 bridgehead atoms. The maximum atomic E-state index is 14.0. The van der Waals surface area contributed by atoms with Gasteiger partial charge in [-0.15, -0.1) is 0 Å². The second-order valence-corrected chi connectivity index (χ2v) is 9.72. The monoisotopic (exact) mass is 506 g/mol. The molecule has 1 aromatic heterocycles. The standard InChI is InChI=1S/C32H43FN2O2/c1-3-5-7-9-10-12-22-36-30-20-16-27(17-21-30)32-34-23-28(24-35-32)26-14-18-31(19-15-26)37-25-29(33)13-11-8-6-4-2/h14-21,23-24,29H,3-13,22,25H2,1-2H3. The Labute approximate surface area is 222 Å². The van der Waals surface area contributed by atoms with Crippen LogP contribution in [-0.4, -0.2) is 29.4 Å². The summed E-state index contributed by atoms with van der Waals surface area (Å²) in [4.78, 5) is 9.11. The summed E-state index contributed by atoms with van der Waals surface area (Å²) in [6.07, 6.45) is 15.2. The lowest BCUT2D eigenvalue weighted by Crippen LogP contribution is -2.12. The third-order valence-corrected chi connectivity index (χ3v) is 6.52. The molecule has 0 saturated heterocycles. The van der Waals surface area contributed by atoms with Gasteiger partial charge in [0.2, 0.25) is 0 Å². The SMILES string of the molecule is CCCCCCCCOc1ccc(-c2ncc(-c3ccc(OCC(F)CCCCCC)cc3)cn2)cc1. The van der Waals surface area contributed by atoms with E-state index in [9.17, 15) is 4.39 Å². The lowest BCUT2D eigenvalue weighted by molar-refractivity contribution is 0.184. The topological polar surface area (TPSA) is 44.2 Å². The summed E-state index contributed by atoms with van der Waals surface area (Å²) in [5, 5.41) is 0. The summed E-state index contributed by atoms with van der Waals surface area (Å²) < 4.78 is 25.5. The molecule has 0 aliphatic carbocycles. The molecule has 3 rings (SSSR count). The van der Waals surface area contributed by atoms with Crippen LogP contribution in [0, 0.1) is 0 Å². The molecule has 0 saturated carbocycles. The number of rotatable bonds is 18. The van der Waals surface area contributed by atoms with Crippen LogP contribution in [0.25, 0.3) is 22.5 Å². The van der Waals surface area contributed by atoms with Gasteiger partial charge in [-0.3, -0.25) is 0 Å². The Kier molecular flexibility index (Phi) is 12.9. The second-order valence-electron chi connectivity index (χ2n) is 9.72. The van der Waals surface area contributed by atoms with Gasteiger partial charge in [-0.1, -0.05) is 83.8 Å². The molecule has 0 N–H and O–H groups in total. The first-order valence-electron chi connectivity index (χ1n) is 14.1. The first-order valence-corrected chi connectivity index (χ1v) is 14.1. The molecule has 1 heterocycles. The Morgan fingerprint density at radius 1 is 0.622 bits per heavy atom. The van der Waals surface area contributed by atoms with Crippen LogP contribution in [0.15, 0.2) is 60.9 Å². The molecule has 5 heteroatoms. The highest BCUT2D eigenvalue weighted by Crippen LogP contribution is 2.24. The van der Waals surface area contributed by atoms with Gasteiger partial charge in [0.25, 0.3) is 0 Å². The highest BCUT2D eigenvalue weighted by Gasteiger charge is 2.08. The van der Waals surface area contributed by atoms with E-state index in [-0.39, 0.29) is 6.61 Å². The number of halogens is 1. The molecule has 0 aliphatic heterocycles. The van der Waals surface area contributed by atoms with E-state index in [0.717, 1.165) is 54.7 Å². The number of benzene rings is 2. The van der Waals surface area contributed by atoms with Crippen molar-refractivity contribution >= 4 is 0 Å². The van der Waals surface area contributed by atoms with Gasteiger partial charge in [0.05, 0.1) is 6.61 Å². The largest absolute Gasteiger partial charge is 0.494 e.